The monoisotopic (exact) mass is 322 g/mol. The van der Waals surface area contributed by atoms with Crippen LogP contribution >= 0.6 is 11.3 Å². The maximum Gasteiger partial charge on any atom is 0.253 e. The Kier molecular flexibility index (Phi) is 3.79. The van der Waals surface area contributed by atoms with E-state index in [2.05, 4.69) is 5.32 Å². The zero-order valence-corrected chi connectivity index (χ0v) is 12.7. The van der Waals surface area contributed by atoms with Gasteiger partial charge in [-0.1, -0.05) is 36.4 Å². The van der Waals surface area contributed by atoms with Gasteiger partial charge in [0.1, 0.15) is 10.3 Å². The second-order valence-electron chi connectivity index (χ2n) is 4.65. The maximum atomic E-state index is 12.7. The van der Waals surface area contributed by atoms with Gasteiger partial charge in [-0.3, -0.25) is 4.79 Å². The molecule has 1 atom stereocenters. The molecule has 3 rings (SSSR count). The van der Waals surface area contributed by atoms with Gasteiger partial charge in [0.2, 0.25) is 5.91 Å². The summed E-state index contributed by atoms with van der Waals surface area (Å²) in [6, 6.07) is 11.4. The molecule has 21 heavy (non-hydrogen) atoms. The lowest BCUT2D eigenvalue weighted by Gasteiger charge is -2.33. The van der Waals surface area contributed by atoms with Gasteiger partial charge in [-0.05, 0) is 17.0 Å². The Hall–Kier alpha value is -1.70. The van der Waals surface area contributed by atoms with E-state index < -0.39 is 16.1 Å². The van der Waals surface area contributed by atoms with Gasteiger partial charge in [0.25, 0.3) is 10.0 Å². The van der Waals surface area contributed by atoms with Crippen LogP contribution in [0.5, 0.6) is 0 Å². The van der Waals surface area contributed by atoms with Crippen LogP contribution in [0.2, 0.25) is 0 Å². The molecule has 1 aromatic heterocycles. The number of piperazine rings is 1. The molecule has 2 aromatic rings. The Morgan fingerprint density at radius 1 is 1.14 bits per heavy atom. The van der Waals surface area contributed by atoms with E-state index in [1.165, 1.54) is 4.31 Å². The topological polar surface area (TPSA) is 66.5 Å². The molecule has 1 saturated heterocycles. The average molecular weight is 322 g/mol. The van der Waals surface area contributed by atoms with Crippen molar-refractivity contribution in [3.05, 3.63) is 53.4 Å². The van der Waals surface area contributed by atoms with Crippen LogP contribution in [0.3, 0.4) is 0 Å². The summed E-state index contributed by atoms with van der Waals surface area (Å²) in [5.41, 5.74) is 0.676. The Labute approximate surface area is 127 Å². The van der Waals surface area contributed by atoms with Crippen molar-refractivity contribution in [2.75, 3.05) is 13.1 Å². The highest BCUT2D eigenvalue weighted by molar-refractivity contribution is 7.91. The van der Waals surface area contributed by atoms with Crippen molar-refractivity contribution in [3.63, 3.8) is 0 Å². The minimum Gasteiger partial charge on any atom is -0.353 e. The molecule has 2 heterocycles. The lowest BCUT2D eigenvalue weighted by Crippen LogP contribution is -2.51. The Balaban J connectivity index is 2.05. The zero-order valence-electron chi connectivity index (χ0n) is 11.1. The van der Waals surface area contributed by atoms with Crippen molar-refractivity contribution in [2.24, 2.45) is 0 Å². The summed E-state index contributed by atoms with van der Waals surface area (Å²) in [6.45, 7) is 0.596. The molecule has 0 bridgehead atoms. The van der Waals surface area contributed by atoms with E-state index in [-0.39, 0.29) is 16.7 Å². The SMILES string of the molecule is O=C1NCCN(S(=O)(=O)c2cccs2)C1c1ccccc1. The number of benzene rings is 1. The number of hydrogen-bond donors (Lipinski definition) is 1. The van der Waals surface area contributed by atoms with E-state index in [9.17, 15) is 13.2 Å². The fourth-order valence-corrected chi connectivity index (χ4v) is 5.08. The standard InChI is InChI=1S/C14H14N2O3S2/c17-14-13(11-5-2-1-3-6-11)16(9-8-15-14)21(18,19)12-7-4-10-20-12/h1-7,10,13H,8-9H2,(H,15,17). The first-order chi connectivity index (χ1) is 10.1. The fourth-order valence-electron chi connectivity index (χ4n) is 2.38. The van der Waals surface area contributed by atoms with E-state index in [1.807, 2.05) is 6.07 Å². The largest absolute Gasteiger partial charge is 0.353 e. The van der Waals surface area contributed by atoms with Crippen molar-refractivity contribution in [3.8, 4) is 0 Å². The van der Waals surface area contributed by atoms with Crippen molar-refractivity contribution in [1.82, 2.24) is 9.62 Å². The lowest BCUT2D eigenvalue weighted by atomic mass is 10.1. The molecule has 0 spiro atoms. The minimum atomic E-state index is -3.66. The first-order valence-electron chi connectivity index (χ1n) is 6.49. The van der Waals surface area contributed by atoms with E-state index in [0.29, 0.717) is 12.1 Å². The smallest absolute Gasteiger partial charge is 0.253 e. The van der Waals surface area contributed by atoms with Crippen molar-refractivity contribution >= 4 is 27.3 Å². The van der Waals surface area contributed by atoms with Crippen LogP contribution in [0.15, 0.2) is 52.1 Å². The molecule has 1 aliphatic rings. The molecule has 1 fully saturated rings. The first kappa shape index (κ1) is 14.2. The van der Waals surface area contributed by atoms with Gasteiger partial charge in [-0.15, -0.1) is 11.3 Å². The van der Waals surface area contributed by atoms with Gasteiger partial charge in [-0.25, -0.2) is 8.42 Å². The summed E-state index contributed by atoms with van der Waals surface area (Å²) in [7, 11) is -3.66. The van der Waals surface area contributed by atoms with E-state index >= 15 is 0 Å². The first-order valence-corrected chi connectivity index (χ1v) is 8.81. The third-order valence-electron chi connectivity index (χ3n) is 3.34. The summed E-state index contributed by atoms with van der Waals surface area (Å²) < 4.78 is 27.0. The van der Waals surface area contributed by atoms with Gasteiger partial charge in [0, 0.05) is 13.1 Å². The number of carbonyl (C=O) groups excluding carboxylic acids is 1. The molecule has 1 unspecified atom stereocenters. The molecule has 0 saturated carbocycles. The summed E-state index contributed by atoms with van der Waals surface area (Å²) in [5, 5.41) is 4.45. The number of nitrogens with zero attached hydrogens (tertiary/aromatic N) is 1. The van der Waals surface area contributed by atoms with Crippen molar-refractivity contribution < 1.29 is 13.2 Å². The molecule has 7 heteroatoms. The van der Waals surface area contributed by atoms with Crippen LogP contribution in [-0.4, -0.2) is 31.7 Å². The second kappa shape index (κ2) is 5.59. The lowest BCUT2D eigenvalue weighted by molar-refractivity contribution is -0.126. The Bertz CT molecular complexity index is 727. The third-order valence-corrected chi connectivity index (χ3v) is 6.58. The number of sulfonamides is 1. The zero-order chi connectivity index (χ0) is 14.9. The molecule has 1 N–H and O–H groups in total. The molecule has 1 aliphatic heterocycles. The van der Waals surface area contributed by atoms with E-state index in [1.54, 1.807) is 41.8 Å². The van der Waals surface area contributed by atoms with Crippen molar-refractivity contribution in [2.45, 2.75) is 10.3 Å². The Morgan fingerprint density at radius 3 is 2.57 bits per heavy atom. The Morgan fingerprint density at radius 2 is 1.90 bits per heavy atom. The predicted molar refractivity (Wildman–Crippen MR) is 80.4 cm³/mol. The van der Waals surface area contributed by atoms with E-state index in [4.69, 9.17) is 0 Å². The number of amides is 1. The maximum absolute atomic E-state index is 12.7. The fraction of sp³-hybridized carbons (Fsp3) is 0.214. The van der Waals surface area contributed by atoms with Crippen LogP contribution in [0.25, 0.3) is 0 Å². The highest BCUT2D eigenvalue weighted by atomic mass is 32.2. The summed E-state index contributed by atoms with van der Waals surface area (Å²) in [5.74, 6) is -0.285. The number of hydrogen-bond acceptors (Lipinski definition) is 4. The molecule has 0 aliphatic carbocycles. The molecule has 0 radical (unpaired) electrons. The highest BCUT2D eigenvalue weighted by Gasteiger charge is 2.39. The summed E-state index contributed by atoms with van der Waals surface area (Å²) >= 11 is 1.16. The molecule has 1 aromatic carbocycles. The van der Waals surface area contributed by atoms with Gasteiger partial charge in [0.05, 0.1) is 0 Å². The second-order valence-corrected chi connectivity index (χ2v) is 7.72. The van der Waals surface area contributed by atoms with Crippen LogP contribution in [0.4, 0.5) is 0 Å². The van der Waals surface area contributed by atoms with Crippen LogP contribution in [0.1, 0.15) is 11.6 Å². The summed E-state index contributed by atoms with van der Waals surface area (Å²) in [6.07, 6.45) is 0. The molecule has 1 amide bonds. The van der Waals surface area contributed by atoms with Gasteiger partial charge < -0.3 is 5.32 Å². The molecule has 110 valence electrons. The number of thiophene rings is 1. The predicted octanol–water partition coefficient (Wildman–Crippen LogP) is 1.61. The van der Waals surface area contributed by atoms with Gasteiger partial charge in [-0.2, -0.15) is 4.31 Å². The normalized spacial score (nSPS) is 20.2. The molecular weight excluding hydrogens is 308 g/mol. The van der Waals surface area contributed by atoms with Crippen LogP contribution < -0.4 is 5.32 Å². The number of carbonyl (C=O) groups is 1. The molecule has 5 nitrogen and oxygen atoms in total. The summed E-state index contributed by atoms with van der Waals surface area (Å²) in [4.78, 5) is 12.2. The quantitative estimate of drug-likeness (QED) is 0.933. The highest BCUT2D eigenvalue weighted by Crippen LogP contribution is 2.31. The van der Waals surface area contributed by atoms with E-state index in [0.717, 1.165) is 11.3 Å². The molecular formula is C14H14N2O3S2. The van der Waals surface area contributed by atoms with Gasteiger partial charge in [0.15, 0.2) is 0 Å². The number of nitrogens with one attached hydrogen (secondary N) is 1. The third kappa shape index (κ3) is 2.59. The van der Waals surface area contributed by atoms with Crippen molar-refractivity contribution in [1.29, 1.82) is 0 Å². The van der Waals surface area contributed by atoms with Gasteiger partial charge >= 0.3 is 0 Å². The van der Waals surface area contributed by atoms with Crippen LogP contribution in [-0.2, 0) is 14.8 Å². The van der Waals surface area contributed by atoms with Crippen LogP contribution in [0, 0.1) is 0 Å². The average Bonchev–Trinajstić information content (AvgIpc) is 3.03. The minimum absolute atomic E-state index is 0.262. The number of rotatable bonds is 3.